The van der Waals surface area contributed by atoms with Gasteiger partial charge in [0.2, 0.25) is 0 Å². The van der Waals surface area contributed by atoms with E-state index in [0.717, 1.165) is 25.6 Å². The smallest absolute Gasteiger partial charge is 0.191 e. The van der Waals surface area contributed by atoms with Gasteiger partial charge in [-0.05, 0) is 30.9 Å². The summed E-state index contributed by atoms with van der Waals surface area (Å²) in [7, 11) is 0. The monoisotopic (exact) mass is 376 g/mol. The first-order chi connectivity index (χ1) is 8.62. The Kier molecular flexibility index (Phi) is 6.16. The van der Waals surface area contributed by atoms with Gasteiger partial charge < -0.3 is 15.2 Å². The Morgan fingerprint density at radius 3 is 2.53 bits per heavy atom. The van der Waals surface area contributed by atoms with Gasteiger partial charge in [0, 0.05) is 31.5 Å². The number of nitrogens with one attached hydrogen (secondary N) is 2. The predicted octanol–water partition coefficient (Wildman–Crippen LogP) is 2.46. The lowest BCUT2D eigenvalue weighted by atomic mass is 10.2. The third-order valence-corrected chi connectivity index (χ3v) is 3.46. The quantitative estimate of drug-likeness (QED) is 0.471. The number of rotatable bonds is 5. The zero-order chi connectivity index (χ0) is 13.0. The molecule has 1 fully saturated rings. The normalized spacial score (nSPS) is 20.6. The molecule has 1 heterocycles. The minimum Gasteiger partial charge on any atom is -0.357 e. The second-order valence-electron chi connectivity index (χ2n) is 5.57. The first-order valence-corrected chi connectivity index (χ1v) is 6.77. The van der Waals surface area contributed by atoms with Crippen LogP contribution in [0, 0.1) is 5.41 Å². The molecule has 0 aliphatic heterocycles. The molecule has 0 aromatic carbocycles. The summed E-state index contributed by atoms with van der Waals surface area (Å²) in [4.78, 5) is 4.61. The summed E-state index contributed by atoms with van der Waals surface area (Å²) in [6.45, 7) is 9.31. The number of hydrogen-bond donors (Lipinski definition) is 2. The molecule has 0 saturated heterocycles. The van der Waals surface area contributed by atoms with Gasteiger partial charge in [-0.3, -0.25) is 4.99 Å². The highest BCUT2D eigenvalue weighted by Crippen LogP contribution is 2.44. The fraction of sp³-hybridized carbons (Fsp3) is 0.643. The maximum Gasteiger partial charge on any atom is 0.191 e. The van der Waals surface area contributed by atoms with E-state index in [1.807, 2.05) is 12.1 Å². The highest BCUT2D eigenvalue weighted by molar-refractivity contribution is 14.0. The highest BCUT2D eigenvalue weighted by Gasteiger charge is 2.46. The van der Waals surface area contributed by atoms with Crippen LogP contribution in [0.5, 0.6) is 0 Å². The largest absolute Gasteiger partial charge is 0.357 e. The third-order valence-electron chi connectivity index (χ3n) is 3.46. The van der Waals surface area contributed by atoms with Gasteiger partial charge in [0.25, 0.3) is 0 Å². The Morgan fingerprint density at radius 1 is 1.37 bits per heavy atom. The number of guanidine groups is 1. The van der Waals surface area contributed by atoms with Crippen molar-refractivity contribution in [1.82, 2.24) is 15.2 Å². The fourth-order valence-corrected chi connectivity index (χ4v) is 2.00. The molecule has 1 saturated carbocycles. The van der Waals surface area contributed by atoms with Gasteiger partial charge in [0.1, 0.15) is 0 Å². The lowest BCUT2D eigenvalue weighted by molar-refractivity contribution is 0.588. The average molecular weight is 376 g/mol. The van der Waals surface area contributed by atoms with Crippen LogP contribution in [0.4, 0.5) is 0 Å². The van der Waals surface area contributed by atoms with Gasteiger partial charge in [-0.25, -0.2) is 0 Å². The predicted molar refractivity (Wildman–Crippen MR) is 91.1 cm³/mol. The molecule has 5 heteroatoms. The summed E-state index contributed by atoms with van der Waals surface area (Å²) in [5, 5.41) is 6.79. The van der Waals surface area contributed by atoms with Crippen LogP contribution in [0.15, 0.2) is 29.5 Å². The molecular formula is C14H25IN4. The first kappa shape index (κ1) is 16.3. The lowest BCUT2D eigenvalue weighted by Gasteiger charge is -2.12. The van der Waals surface area contributed by atoms with Crippen molar-refractivity contribution in [3.8, 4) is 0 Å². The summed E-state index contributed by atoms with van der Waals surface area (Å²) >= 11 is 0. The number of nitrogens with zero attached hydrogens (tertiary/aromatic N) is 2. The van der Waals surface area contributed by atoms with Crippen LogP contribution in [0.2, 0.25) is 0 Å². The van der Waals surface area contributed by atoms with Crippen LogP contribution in [0.1, 0.15) is 27.2 Å². The Bertz CT molecular complexity index is 398. The van der Waals surface area contributed by atoms with Crippen LogP contribution in [-0.2, 0) is 6.54 Å². The molecule has 19 heavy (non-hydrogen) atoms. The molecule has 4 nitrogen and oxygen atoms in total. The topological polar surface area (TPSA) is 41.4 Å². The third kappa shape index (κ3) is 5.04. The molecule has 1 aromatic rings. The molecule has 0 amide bonds. The van der Waals surface area contributed by atoms with Crippen molar-refractivity contribution in [2.75, 3.05) is 13.1 Å². The summed E-state index contributed by atoms with van der Waals surface area (Å²) in [5.74, 6) is 0.945. The molecule has 2 N–H and O–H groups in total. The van der Waals surface area contributed by atoms with E-state index in [9.17, 15) is 0 Å². The molecule has 108 valence electrons. The van der Waals surface area contributed by atoms with Crippen LogP contribution in [-0.4, -0.2) is 29.7 Å². The summed E-state index contributed by atoms with van der Waals surface area (Å²) in [5.41, 5.74) is 0.427. The molecular weight excluding hydrogens is 351 g/mol. The van der Waals surface area contributed by atoms with Crippen LogP contribution in [0.25, 0.3) is 0 Å². The minimum absolute atomic E-state index is 0. The SMILES string of the molecule is CCNC(=NCCn1cccc1)NC1CC1(C)C.I. The van der Waals surface area contributed by atoms with Crippen molar-refractivity contribution < 1.29 is 0 Å². The number of hydrogen-bond acceptors (Lipinski definition) is 1. The van der Waals surface area contributed by atoms with Gasteiger partial charge in [-0.2, -0.15) is 0 Å². The van der Waals surface area contributed by atoms with Gasteiger partial charge >= 0.3 is 0 Å². The number of aliphatic imine (C=N–C) groups is 1. The van der Waals surface area contributed by atoms with Crippen molar-refractivity contribution in [2.24, 2.45) is 10.4 Å². The Balaban J connectivity index is 0.00000180. The minimum atomic E-state index is 0. The number of aromatic nitrogens is 1. The molecule has 0 bridgehead atoms. The molecule has 0 spiro atoms. The Morgan fingerprint density at radius 2 is 2.00 bits per heavy atom. The Labute approximate surface area is 133 Å². The van der Waals surface area contributed by atoms with Gasteiger partial charge in [0.15, 0.2) is 5.96 Å². The highest BCUT2D eigenvalue weighted by atomic mass is 127. The molecule has 1 aromatic heterocycles. The molecule has 1 aliphatic rings. The van der Waals surface area contributed by atoms with Crippen molar-refractivity contribution >= 4 is 29.9 Å². The van der Waals surface area contributed by atoms with E-state index in [1.54, 1.807) is 0 Å². The van der Waals surface area contributed by atoms with E-state index < -0.39 is 0 Å². The van der Waals surface area contributed by atoms with E-state index in [0.29, 0.717) is 11.5 Å². The van der Waals surface area contributed by atoms with E-state index >= 15 is 0 Å². The van der Waals surface area contributed by atoms with Crippen LogP contribution >= 0.6 is 24.0 Å². The van der Waals surface area contributed by atoms with Crippen molar-refractivity contribution in [3.63, 3.8) is 0 Å². The first-order valence-electron chi connectivity index (χ1n) is 6.77. The second-order valence-corrected chi connectivity index (χ2v) is 5.57. The van der Waals surface area contributed by atoms with E-state index in [2.05, 4.69) is 53.4 Å². The van der Waals surface area contributed by atoms with Crippen LogP contribution in [0.3, 0.4) is 0 Å². The fourth-order valence-electron chi connectivity index (χ4n) is 2.00. The molecule has 1 atom stereocenters. The molecule has 2 rings (SSSR count). The second kappa shape index (κ2) is 7.17. The average Bonchev–Trinajstić information content (AvgIpc) is 2.75. The van der Waals surface area contributed by atoms with Gasteiger partial charge in [0.05, 0.1) is 6.54 Å². The summed E-state index contributed by atoms with van der Waals surface area (Å²) in [6, 6.07) is 4.65. The zero-order valence-electron chi connectivity index (χ0n) is 12.0. The van der Waals surface area contributed by atoms with Gasteiger partial charge in [-0.15, -0.1) is 24.0 Å². The molecule has 1 aliphatic carbocycles. The number of halogens is 1. The summed E-state index contributed by atoms with van der Waals surface area (Å²) in [6.07, 6.45) is 5.37. The van der Waals surface area contributed by atoms with Crippen molar-refractivity contribution in [1.29, 1.82) is 0 Å². The molecule has 0 radical (unpaired) electrons. The van der Waals surface area contributed by atoms with Crippen molar-refractivity contribution in [2.45, 2.75) is 39.8 Å². The molecule has 1 unspecified atom stereocenters. The maximum atomic E-state index is 4.61. The van der Waals surface area contributed by atoms with Crippen molar-refractivity contribution in [3.05, 3.63) is 24.5 Å². The lowest BCUT2D eigenvalue weighted by Crippen LogP contribution is -2.40. The zero-order valence-corrected chi connectivity index (χ0v) is 14.3. The summed E-state index contributed by atoms with van der Waals surface area (Å²) < 4.78 is 2.15. The van der Waals surface area contributed by atoms with E-state index in [1.165, 1.54) is 6.42 Å². The Hall–Kier alpha value is -0.720. The van der Waals surface area contributed by atoms with Gasteiger partial charge in [-0.1, -0.05) is 13.8 Å². The standard InChI is InChI=1S/C14H24N4.HI/c1-4-15-13(17-12-11-14(12,2)3)16-7-10-18-8-5-6-9-18;/h5-6,8-9,12H,4,7,10-11H2,1-3H3,(H2,15,16,17);1H. The van der Waals surface area contributed by atoms with E-state index in [4.69, 9.17) is 0 Å². The van der Waals surface area contributed by atoms with E-state index in [-0.39, 0.29) is 24.0 Å². The van der Waals surface area contributed by atoms with Crippen LogP contribution < -0.4 is 10.6 Å². The maximum absolute atomic E-state index is 4.61.